The molecule has 0 aliphatic carbocycles. The van der Waals surface area contributed by atoms with Crippen molar-refractivity contribution in [3.63, 3.8) is 0 Å². The minimum Gasteiger partial charge on any atom is -0.444 e. The number of urea groups is 1. The van der Waals surface area contributed by atoms with Crippen LogP contribution in [0.1, 0.15) is 56.3 Å². The number of hydrazone groups is 1. The Bertz CT molecular complexity index is 1130. The Hall–Kier alpha value is -3.70. The Labute approximate surface area is 207 Å². The predicted octanol–water partition coefficient (Wildman–Crippen LogP) is 4.53. The number of aromatic nitrogens is 2. The number of nitrogens with zero attached hydrogens (tertiary/aromatic N) is 5. The molecule has 0 unspecified atom stereocenters. The molecule has 9 nitrogen and oxygen atoms in total. The molecule has 36 heavy (non-hydrogen) atoms. The fraction of sp³-hybridized carbons (Fsp3) is 0.458. The molecule has 1 aliphatic rings. The lowest BCUT2D eigenvalue weighted by Gasteiger charge is -2.29. The van der Waals surface area contributed by atoms with Crippen LogP contribution in [-0.2, 0) is 10.9 Å². The van der Waals surface area contributed by atoms with Crippen LogP contribution in [0.15, 0.2) is 41.8 Å². The van der Waals surface area contributed by atoms with Crippen LogP contribution < -0.4 is 5.32 Å². The number of nitrogens with one attached hydrogen (secondary N) is 1. The highest BCUT2D eigenvalue weighted by molar-refractivity contribution is 6.07. The van der Waals surface area contributed by atoms with E-state index in [0.29, 0.717) is 11.3 Å². The Morgan fingerprint density at radius 3 is 2.25 bits per heavy atom. The minimum absolute atomic E-state index is 0.0566. The first-order valence-electron chi connectivity index (χ1n) is 11.2. The molecule has 3 rings (SSSR count). The lowest BCUT2D eigenvalue weighted by atomic mass is 10.0. The molecule has 0 spiro atoms. The highest BCUT2D eigenvalue weighted by atomic mass is 19.4. The third-order valence-electron chi connectivity index (χ3n) is 5.39. The molecule has 0 saturated carbocycles. The number of carbonyl (C=O) groups is 2. The van der Waals surface area contributed by atoms with Gasteiger partial charge < -0.3 is 15.0 Å². The molecule has 2 atom stereocenters. The summed E-state index contributed by atoms with van der Waals surface area (Å²) in [5.74, 6) is -1.26. The third-order valence-corrected chi connectivity index (χ3v) is 5.39. The van der Waals surface area contributed by atoms with E-state index in [1.54, 1.807) is 34.7 Å². The molecule has 3 amide bonds. The van der Waals surface area contributed by atoms with Crippen molar-refractivity contribution in [2.75, 3.05) is 13.6 Å². The highest BCUT2D eigenvalue weighted by Crippen LogP contribution is 2.26. The standard InChI is InChI=1S/C24H29F3N6O3/c1-14-7-9-16(10-8-14)19-18(32(6)22(35)36-23(3,4)5)13-33(31-19)21(34)30-15(2)17-11-28-20(29-12-17)24(25,26)27/h7-12,15,18H,13H2,1-6H3,(H,30,34)/t15-,18+/m1/s1. The van der Waals surface area contributed by atoms with Crippen LogP contribution in [0.2, 0.25) is 0 Å². The molecule has 0 bridgehead atoms. The van der Waals surface area contributed by atoms with Crippen molar-refractivity contribution >= 4 is 17.8 Å². The van der Waals surface area contributed by atoms with Crippen molar-refractivity contribution < 1.29 is 27.5 Å². The maximum absolute atomic E-state index is 13.0. The van der Waals surface area contributed by atoms with Gasteiger partial charge in [-0.1, -0.05) is 29.8 Å². The first kappa shape index (κ1) is 26.9. The van der Waals surface area contributed by atoms with E-state index < -0.39 is 41.8 Å². The van der Waals surface area contributed by atoms with Crippen molar-refractivity contribution in [3.8, 4) is 0 Å². The molecular formula is C24H29F3N6O3. The fourth-order valence-electron chi connectivity index (χ4n) is 3.41. The third kappa shape index (κ3) is 6.49. The van der Waals surface area contributed by atoms with Crippen LogP contribution in [0.25, 0.3) is 0 Å². The van der Waals surface area contributed by atoms with Gasteiger partial charge in [0.15, 0.2) is 0 Å². The summed E-state index contributed by atoms with van der Waals surface area (Å²) in [5.41, 5.74) is 1.86. The quantitative estimate of drug-likeness (QED) is 0.657. The maximum Gasteiger partial charge on any atom is 0.451 e. The number of amides is 3. The molecule has 1 N–H and O–H groups in total. The lowest BCUT2D eigenvalue weighted by Crippen LogP contribution is -2.47. The predicted molar refractivity (Wildman–Crippen MR) is 126 cm³/mol. The van der Waals surface area contributed by atoms with E-state index in [1.807, 2.05) is 31.2 Å². The van der Waals surface area contributed by atoms with E-state index in [9.17, 15) is 22.8 Å². The van der Waals surface area contributed by atoms with Gasteiger partial charge in [-0.25, -0.2) is 24.6 Å². The highest BCUT2D eigenvalue weighted by Gasteiger charge is 2.38. The van der Waals surface area contributed by atoms with Crippen LogP contribution in [0.3, 0.4) is 0 Å². The summed E-state index contributed by atoms with van der Waals surface area (Å²) < 4.78 is 43.7. The number of benzene rings is 1. The Morgan fingerprint density at radius 2 is 1.72 bits per heavy atom. The lowest BCUT2D eigenvalue weighted by molar-refractivity contribution is -0.145. The zero-order chi connectivity index (χ0) is 26.8. The number of halogens is 3. The summed E-state index contributed by atoms with van der Waals surface area (Å²) in [6.07, 6.45) is -3.18. The van der Waals surface area contributed by atoms with Gasteiger partial charge >= 0.3 is 18.3 Å². The summed E-state index contributed by atoms with van der Waals surface area (Å²) in [5, 5.41) is 8.34. The van der Waals surface area contributed by atoms with Gasteiger partial charge in [-0.05, 0) is 40.2 Å². The van der Waals surface area contributed by atoms with Gasteiger partial charge in [0.05, 0.1) is 24.3 Å². The molecule has 0 saturated heterocycles. The van der Waals surface area contributed by atoms with E-state index in [2.05, 4.69) is 20.4 Å². The molecule has 1 aliphatic heterocycles. The molecule has 1 aromatic heterocycles. The number of alkyl halides is 3. The van der Waals surface area contributed by atoms with Crippen molar-refractivity contribution in [1.29, 1.82) is 0 Å². The maximum atomic E-state index is 13.0. The summed E-state index contributed by atoms with van der Waals surface area (Å²) in [6.45, 7) is 8.86. The van der Waals surface area contributed by atoms with E-state index in [0.717, 1.165) is 23.5 Å². The number of rotatable bonds is 4. The van der Waals surface area contributed by atoms with Crippen LogP contribution in [0.5, 0.6) is 0 Å². The number of hydrogen-bond donors (Lipinski definition) is 1. The van der Waals surface area contributed by atoms with Gasteiger partial charge in [-0.3, -0.25) is 0 Å². The molecule has 194 valence electrons. The number of ether oxygens (including phenoxy) is 1. The van der Waals surface area contributed by atoms with Gasteiger partial charge in [0.2, 0.25) is 5.82 Å². The first-order chi connectivity index (χ1) is 16.7. The largest absolute Gasteiger partial charge is 0.451 e. The van der Waals surface area contributed by atoms with E-state index in [4.69, 9.17) is 4.74 Å². The minimum atomic E-state index is -4.66. The number of likely N-dealkylation sites (N-methyl/N-ethyl adjacent to an activating group) is 1. The smallest absolute Gasteiger partial charge is 0.444 e. The molecule has 12 heteroatoms. The van der Waals surface area contributed by atoms with Gasteiger partial charge in [-0.15, -0.1) is 0 Å². The number of carbonyl (C=O) groups excluding carboxylic acids is 2. The van der Waals surface area contributed by atoms with Crippen molar-refractivity contribution in [1.82, 2.24) is 25.2 Å². The molecule has 1 aromatic carbocycles. The average Bonchev–Trinajstić information content (AvgIpc) is 3.23. The van der Waals surface area contributed by atoms with E-state index in [1.165, 1.54) is 9.91 Å². The normalized spacial score (nSPS) is 16.9. The second kappa shape index (κ2) is 10.1. The van der Waals surface area contributed by atoms with Crippen LogP contribution >= 0.6 is 0 Å². The van der Waals surface area contributed by atoms with Gasteiger partial charge in [0, 0.05) is 25.0 Å². The summed E-state index contributed by atoms with van der Waals surface area (Å²) in [6, 6.07) is 5.64. The Balaban J connectivity index is 1.80. The summed E-state index contributed by atoms with van der Waals surface area (Å²) >= 11 is 0. The number of aryl methyl sites for hydroxylation is 1. The van der Waals surface area contributed by atoms with Gasteiger partial charge in [-0.2, -0.15) is 18.3 Å². The summed E-state index contributed by atoms with van der Waals surface area (Å²) in [7, 11) is 1.58. The van der Waals surface area contributed by atoms with Gasteiger partial charge in [0.1, 0.15) is 5.60 Å². The van der Waals surface area contributed by atoms with Crippen LogP contribution in [0, 0.1) is 6.92 Å². The zero-order valence-corrected chi connectivity index (χ0v) is 20.9. The monoisotopic (exact) mass is 506 g/mol. The van der Waals surface area contributed by atoms with E-state index >= 15 is 0 Å². The Kier molecular flexibility index (Phi) is 7.56. The molecule has 2 heterocycles. The second-order valence-electron chi connectivity index (χ2n) is 9.55. The summed E-state index contributed by atoms with van der Waals surface area (Å²) in [4.78, 5) is 33.8. The van der Waals surface area contributed by atoms with Crippen molar-refractivity contribution in [2.45, 2.75) is 58.5 Å². The average molecular weight is 507 g/mol. The zero-order valence-electron chi connectivity index (χ0n) is 20.9. The van der Waals surface area contributed by atoms with Crippen molar-refractivity contribution in [2.24, 2.45) is 5.10 Å². The van der Waals surface area contributed by atoms with Gasteiger partial charge in [0.25, 0.3) is 0 Å². The molecule has 0 radical (unpaired) electrons. The van der Waals surface area contributed by atoms with E-state index in [-0.39, 0.29) is 6.54 Å². The van der Waals surface area contributed by atoms with Crippen molar-refractivity contribution in [3.05, 3.63) is 59.2 Å². The fourth-order valence-corrected chi connectivity index (χ4v) is 3.41. The number of hydrogen-bond acceptors (Lipinski definition) is 6. The van der Waals surface area contributed by atoms with Crippen LogP contribution in [0.4, 0.5) is 22.8 Å². The van der Waals surface area contributed by atoms with Crippen LogP contribution in [-0.4, -0.2) is 62.9 Å². The SMILES string of the molecule is Cc1ccc(C2=NN(C(=O)N[C@H](C)c3cnc(C(F)(F)F)nc3)C[C@@H]2N(C)C(=O)OC(C)(C)C)cc1. The topological polar surface area (TPSA) is 100 Å². The molecule has 0 fully saturated rings. The first-order valence-corrected chi connectivity index (χ1v) is 11.2. The molecule has 2 aromatic rings. The molecular weight excluding hydrogens is 477 g/mol. The second-order valence-corrected chi connectivity index (χ2v) is 9.55. The Morgan fingerprint density at radius 1 is 1.14 bits per heavy atom.